The molecule has 4 rings (SSSR count). The minimum Gasteiger partial charge on any atom is -0.497 e. The number of methoxy groups -OCH3 is 1. The highest BCUT2D eigenvalue weighted by Crippen LogP contribution is 2.33. The first-order valence-electron chi connectivity index (χ1n) is 7.71. The molecule has 3 aromatic rings. The molecule has 5 heteroatoms. The van der Waals surface area contributed by atoms with E-state index in [1.807, 2.05) is 36.4 Å². The molecule has 0 bridgehead atoms. The number of benzene rings is 2. The molecule has 116 valence electrons. The summed E-state index contributed by atoms with van der Waals surface area (Å²) in [7, 11) is 1.67. The maximum atomic E-state index is 5.24. The fourth-order valence-electron chi connectivity index (χ4n) is 2.95. The summed E-state index contributed by atoms with van der Waals surface area (Å²) in [4.78, 5) is 0. The molecule has 0 fully saturated rings. The maximum Gasteiger partial charge on any atom is 0.168 e. The zero-order valence-electron chi connectivity index (χ0n) is 13.2. The summed E-state index contributed by atoms with van der Waals surface area (Å²) in [5.74, 6) is 2.95. The van der Waals surface area contributed by atoms with Crippen molar-refractivity contribution in [3.05, 3.63) is 54.4 Å². The number of hydrogen-bond acceptors (Lipinski definition) is 4. The summed E-state index contributed by atoms with van der Waals surface area (Å²) in [5.41, 5.74) is 3.21. The van der Waals surface area contributed by atoms with Crippen LogP contribution in [0.15, 0.2) is 48.5 Å². The van der Waals surface area contributed by atoms with Gasteiger partial charge in [0, 0.05) is 18.0 Å². The third kappa shape index (κ3) is 2.25. The number of para-hydroxylation sites is 2. The van der Waals surface area contributed by atoms with E-state index in [0.29, 0.717) is 0 Å². The normalized spacial score (nSPS) is 16.0. The fourth-order valence-corrected chi connectivity index (χ4v) is 2.95. The van der Waals surface area contributed by atoms with Crippen molar-refractivity contribution < 1.29 is 4.74 Å². The second kappa shape index (κ2) is 5.43. The van der Waals surface area contributed by atoms with Crippen LogP contribution in [0.4, 0.5) is 5.69 Å². The molecule has 5 nitrogen and oxygen atoms in total. The molecule has 23 heavy (non-hydrogen) atoms. The number of nitrogens with zero attached hydrogens (tertiary/aromatic N) is 3. The van der Waals surface area contributed by atoms with Gasteiger partial charge >= 0.3 is 0 Å². The molecule has 2 heterocycles. The summed E-state index contributed by atoms with van der Waals surface area (Å²) in [6.45, 7) is 3.01. The Bertz CT molecular complexity index is 838. The molecule has 0 unspecified atom stereocenters. The van der Waals surface area contributed by atoms with E-state index in [-0.39, 0.29) is 5.92 Å². The van der Waals surface area contributed by atoms with Crippen molar-refractivity contribution in [2.75, 3.05) is 19.0 Å². The highest BCUT2D eigenvalue weighted by molar-refractivity contribution is 5.68. The fraction of sp³-hybridized carbons (Fsp3) is 0.222. The highest BCUT2D eigenvalue weighted by atomic mass is 16.5. The lowest BCUT2D eigenvalue weighted by Gasteiger charge is -2.12. The van der Waals surface area contributed by atoms with E-state index < -0.39 is 0 Å². The van der Waals surface area contributed by atoms with Crippen LogP contribution in [0.1, 0.15) is 18.7 Å². The van der Waals surface area contributed by atoms with Crippen LogP contribution in [0.2, 0.25) is 0 Å². The van der Waals surface area contributed by atoms with Crippen molar-refractivity contribution in [1.82, 2.24) is 14.8 Å². The molecular weight excluding hydrogens is 288 g/mol. The maximum absolute atomic E-state index is 5.24. The third-order valence-electron chi connectivity index (χ3n) is 4.22. The standard InChI is InChI=1S/C18H18N4O/c1-12-11-19-15-5-3-4-6-16(15)22-17(12)20-21-18(22)13-7-9-14(23-2)10-8-13/h3-10,12,19H,11H2,1-2H3/t12-/m1/s1. The Morgan fingerprint density at radius 1 is 1.09 bits per heavy atom. The summed E-state index contributed by atoms with van der Waals surface area (Å²) in [5, 5.41) is 12.4. The van der Waals surface area contributed by atoms with Crippen LogP contribution in [0.3, 0.4) is 0 Å². The number of ether oxygens (including phenoxy) is 1. The first-order chi connectivity index (χ1) is 11.3. The lowest BCUT2D eigenvalue weighted by molar-refractivity contribution is 0.415. The molecule has 0 saturated carbocycles. The molecule has 1 aromatic heterocycles. The van der Waals surface area contributed by atoms with Gasteiger partial charge in [-0.25, -0.2) is 0 Å². The summed E-state index contributed by atoms with van der Waals surface area (Å²) in [6, 6.07) is 16.2. The van der Waals surface area contributed by atoms with Crippen molar-refractivity contribution in [3.63, 3.8) is 0 Å². The van der Waals surface area contributed by atoms with Crippen LogP contribution < -0.4 is 10.1 Å². The Morgan fingerprint density at radius 3 is 2.65 bits per heavy atom. The first kappa shape index (κ1) is 13.8. The van der Waals surface area contributed by atoms with Crippen LogP contribution in [0.5, 0.6) is 5.75 Å². The molecule has 0 aliphatic carbocycles. The van der Waals surface area contributed by atoms with Crippen LogP contribution in [-0.2, 0) is 0 Å². The zero-order chi connectivity index (χ0) is 15.8. The molecule has 0 saturated heterocycles. The smallest absolute Gasteiger partial charge is 0.168 e. The Labute approximate surface area is 134 Å². The summed E-state index contributed by atoms with van der Waals surface area (Å²) >= 11 is 0. The molecule has 1 N–H and O–H groups in total. The Morgan fingerprint density at radius 2 is 1.87 bits per heavy atom. The van der Waals surface area contributed by atoms with Gasteiger partial charge in [0.25, 0.3) is 0 Å². The molecular formula is C18H18N4O. The van der Waals surface area contributed by atoms with Gasteiger partial charge in [0.2, 0.25) is 0 Å². The molecule has 1 aliphatic heterocycles. The number of anilines is 1. The number of fused-ring (bicyclic) bond motifs is 3. The SMILES string of the molecule is COc1ccc(-c2nnc3n2-c2ccccc2NC[C@H]3C)cc1. The molecule has 0 amide bonds. The quantitative estimate of drug-likeness (QED) is 0.787. The Balaban J connectivity index is 1.92. The zero-order valence-corrected chi connectivity index (χ0v) is 13.2. The number of hydrogen-bond donors (Lipinski definition) is 1. The lowest BCUT2D eigenvalue weighted by atomic mass is 10.1. The lowest BCUT2D eigenvalue weighted by Crippen LogP contribution is -2.09. The van der Waals surface area contributed by atoms with E-state index >= 15 is 0 Å². The Hall–Kier alpha value is -2.82. The average molecular weight is 306 g/mol. The monoisotopic (exact) mass is 306 g/mol. The minimum absolute atomic E-state index is 0.280. The van der Waals surface area contributed by atoms with E-state index in [2.05, 4.69) is 39.1 Å². The van der Waals surface area contributed by atoms with Crippen LogP contribution in [0, 0.1) is 0 Å². The van der Waals surface area contributed by atoms with Gasteiger partial charge in [0.1, 0.15) is 11.6 Å². The number of rotatable bonds is 2. The summed E-state index contributed by atoms with van der Waals surface area (Å²) < 4.78 is 7.39. The summed E-state index contributed by atoms with van der Waals surface area (Å²) in [6.07, 6.45) is 0. The molecule has 1 atom stereocenters. The van der Waals surface area contributed by atoms with Crippen LogP contribution in [-0.4, -0.2) is 28.4 Å². The molecule has 2 aromatic carbocycles. The van der Waals surface area contributed by atoms with Crippen LogP contribution >= 0.6 is 0 Å². The third-order valence-corrected chi connectivity index (χ3v) is 4.22. The van der Waals surface area contributed by atoms with Gasteiger partial charge in [0.15, 0.2) is 5.82 Å². The van der Waals surface area contributed by atoms with E-state index in [9.17, 15) is 0 Å². The largest absolute Gasteiger partial charge is 0.497 e. The highest BCUT2D eigenvalue weighted by Gasteiger charge is 2.24. The van der Waals surface area contributed by atoms with E-state index in [1.54, 1.807) is 7.11 Å². The molecule has 1 aliphatic rings. The van der Waals surface area contributed by atoms with Gasteiger partial charge < -0.3 is 10.1 Å². The predicted molar refractivity (Wildman–Crippen MR) is 90.3 cm³/mol. The second-order valence-electron chi connectivity index (χ2n) is 5.74. The Kier molecular flexibility index (Phi) is 3.26. The number of aromatic nitrogens is 3. The van der Waals surface area contributed by atoms with E-state index in [1.165, 1.54) is 0 Å². The average Bonchev–Trinajstić information content (AvgIpc) is 2.99. The van der Waals surface area contributed by atoms with Crippen molar-refractivity contribution in [1.29, 1.82) is 0 Å². The van der Waals surface area contributed by atoms with E-state index in [4.69, 9.17) is 4.74 Å². The topological polar surface area (TPSA) is 52.0 Å². The molecule has 0 radical (unpaired) electrons. The van der Waals surface area contributed by atoms with Crippen molar-refractivity contribution in [2.24, 2.45) is 0 Å². The van der Waals surface area contributed by atoms with Gasteiger partial charge in [-0.3, -0.25) is 4.57 Å². The van der Waals surface area contributed by atoms with Crippen LogP contribution in [0.25, 0.3) is 17.1 Å². The minimum atomic E-state index is 0.280. The van der Waals surface area contributed by atoms with Crippen molar-refractivity contribution in [3.8, 4) is 22.8 Å². The van der Waals surface area contributed by atoms with Gasteiger partial charge in [-0.2, -0.15) is 0 Å². The van der Waals surface area contributed by atoms with Gasteiger partial charge in [0.05, 0.1) is 18.5 Å². The van der Waals surface area contributed by atoms with Gasteiger partial charge in [-0.15, -0.1) is 10.2 Å². The van der Waals surface area contributed by atoms with Gasteiger partial charge in [-0.05, 0) is 36.4 Å². The van der Waals surface area contributed by atoms with Crippen molar-refractivity contribution in [2.45, 2.75) is 12.8 Å². The second-order valence-corrected chi connectivity index (χ2v) is 5.74. The number of nitrogens with one attached hydrogen (secondary N) is 1. The van der Waals surface area contributed by atoms with Crippen molar-refractivity contribution >= 4 is 5.69 Å². The van der Waals surface area contributed by atoms with Gasteiger partial charge in [-0.1, -0.05) is 19.1 Å². The first-order valence-corrected chi connectivity index (χ1v) is 7.71. The predicted octanol–water partition coefficient (Wildman–Crippen LogP) is 3.47. The van der Waals surface area contributed by atoms with E-state index in [0.717, 1.165) is 40.9 Å². The molecule has 0 spiro atoms.